The number of aliphatic hydroxyl groups is 1. The molecular formula is C13H9ClFNO2. The van der Waals surface area contributed by atoms with Crippen molar-refractivity contribution in [3.63, 3.8) is 0 Å². The van der Waals surface area contributed by atoms with E-state index in [1.165, 1.54) is 42.6 Å². The number of rotatable bonds is 3. The summed E-state index contributed by atoms with van der Waals surface area (Å²) in [6.07, 6.45) is -0.0502. The van der Waals surface area contributed by atoms with Crippen molar-refractivity contribution in [3.05, 3.63) is 64.7 Å². The van der Waals surface area contributed by atoms with Gasteiger partial charge in [0.05, 0.1) is 0 Å². The van der Waals surface area contributed by atoms with Gasteiger partial charge in [-0.3, -0.25) is 4.79 Å². The van der Waals surface area contributed by atoms with Gasteiger partial charge in [0, 0.05) is 11.8 Å². The summed E-state index contributed by atoms with van der Waals surface area (Å²) in [6.45, 7) is 0. The van der Waals surface area contributed by atoms with Crippen molar-refractivity contribution < 1.29 is 14.3 Å². The Labute approximate surface area is 108 Å². The molecule has 1 aromatic heterocycles. The first-order valence-corrected chi connectivity index (χ1v) is 5.55. The summed E-state index contributed by atoms with van der Waals surface area (Å²) in [6, 6.07) is 8.04. The van der Waals surface area contributed by atoms with Gasteiger partial charge in [0.15, 0.2) is 5.78 Å². The van der Waals surface area contributed by atoms with Crippen molar-refractivity contribution in [2.75, 3.05) is 0 Å². The SMILES string of the molecule is O=C(c1ccc(Cl)nc1)C(O)c1ccc(F)cc1. The number of nitrogens with zero attached hydrogens (tertiary/aromatic N) is 1. The molecule has 1 aromatic carbocycles. The third kappa shape index (κ3) is 2.72. The lowest BCUT2D eigenvalue weighted by molar-refractivity contribution is 0.0747. The Morgan fingerprint density at radius 3 is 2.44 bits per heavy atom. The summed E-state index contributed by atoms with van der Waals surface area (Å²) in [5, 5.41) is 10.1. The quantitative estimate of drug-likeness (QED) is 0.686. The zero-order chi connectivity index (χ0) is 13.1. The Morgan fingerprint density at radius 2 is 1.89 bits per heavy atom. The molecule has 2 rings (SSSR count). The molecule has 5 heteroatoms. The maximum atomic E-state index is 12.7. The molecule has 0 spiro atoms. The van der Waals surface area contributed by atoms with Crippen molar-refractivity contribution in [1.29, 1.82) is 0 Å². The summed E-state index contributed by atoms with van der Waals surface area (Å²) >= 11 is 5.60. The number of ketones is 1. The number of Topliss-reactive ketones (excluding diaryl/α,β-unsaturated/α-hetero) is 1. The van der Waals surface area contributed by atoms with Crippen LogP contribution in [0.15, 0.2) is 42.6 Å². The second-order valence-corrected chi connectivity index (χ2v) is 4.08. The van der Waals surface area contributed by atoms with Gasteiger partial charge < -0.3 is 5.11 Å². The highest BCUT2D eigenvalue weighted by Crippen LogP contribution is 2.19. The van der Waals surface area contributed by atoms with Gasteiger partial charge in [0.2, 0.25) is 0 Å². The Balaban J connectivity index is 2.23. The summed E-state index contributed by atoms with van der Waals surface area (Å²) in [4.78, 5) is 15.7. The molecule has 18 heavy (non-hydrogen) atoms. The van der Waals surface area contributed by atoms with Crippen LogP contribution in [-0.2, 0) is 0 Å². The first-order chi connectivity index (χ1) is 8.58. The predicted octanol–water partition coefficient (Wildman–Crippen LogP) is 2.79. The van der Waals surface area contributed by atoms with E-state index in [2.05, 4.69) is 4.98 Å². The third-order valence-corrected chi connectivity index (χ3v) is 2.67. The van der Waals surface area contributed by atoms with E-state index in [9.17, 15) is 14.3 Å². The van der Waals surface area contributed by atoms with Gasteiger partial charge in [-0.05, 0) is 29.8 Å². The number of hydrogen-bond donors (Lipinski definition) is 1. The van der Waals surface area contributed by atoms with E-state index in [0.717, 1.165) is 0 Å². The van der Waals surface area contributed by atoms with Crippen LogP contribution in [0.3, 0.4) is 0 Å². The lowest BCUT2D eigenvalue weighted by Crippen LogP contribution is -2.12. The molecule has 2 aromatic rings. The van der Waals surface area contributed by atoms with Gasteiger partial charge in [-0.25, -0.2) is 9.37 Å². The van der Waals surface area contributed by atoms with E-state index in [4.69, 9.17) is 11.6 Å². The van der Waals surface area contributed by atoms with Gasteiger partial charge in [0.25, 0.3) is 0 Å². The molecule has 1 atom stereocenters. The average Bonchev–Trinajstić information content (AvgIpc) is 2.39. The molecule has 1 heterocycles. The molecule has 1 N–H and O–H groups in total. The molecule has 0 aliphatic carbocycles. The highest BCUT2D eigenvalue weighted by Gasteiger charge is 2.19. The van der Waals surface area contributed by atoms with Gasteiger partial charge in [0.1, 0.15) is 17.1 Å². The number of aliphatic hydroxyl groups excluding tert-OH is 1. The molecular weight excluding hydrogens is 257 g/mol. The fraction of sp³-hybridized carbons (Fsp3) is 0.0769. The van der Waals surface area contributed by atoms with Crippen molar-refractivity contribution in [2.45, 2.75) is 6.10 Å². The van der Waals surface area contributed by atoms with Crippen LogP contribution in [0.5, 0.6) is 0 Å². The molecule has 0 amide bonds. The first-order valence-electron chi connectivity index (χ1n) is 5.17. The summed E-state index contributed by atoms with van der Waals surface area (Å²) in [5.74, 6) is -0.933. The predicted molar refractivity (Wildman–Crippen MR) is 64.9 cm³/mol. The molecule has 0 saturated heterocycles. The van der Waals surface area contributed by atoms with Crippen LogP contribution >= 0.6 is 11.6 Å². The maximum Gasteiger partial charge on any atom is 0.197 e. The highest BCUT2D eigenvalue weighted by molar-refractivity contribution is 6.29. The van der Waals surface area contributed by atoms with Gasteiger partial charge in [-0.2, -0.15) is 0 Å². The van der Waals surface area contributed by atoms with Crippen LogP contribution in [-0.4, -0.2) is 15.9 Å². The zero-order valence-electron chi connectivity index (χ0n) is 9.18. The summed E-state index contributed by atoms with van der Waals surface area (Å²) in [5.41, 5.74) is 0.576. The topological polar surface area (TPSA) is 50.2 Å². The largest absolute Gasteiger partial charge is 0.380 e. The second kappa shape index (κ2) is 5.25. The molecule has 0 radical (unpaired) electrons. The van der Waals surface area contributed by atoms with Gasteiger partial charge >= 0.3 is 0 Å². The van der Waals surface area contributed by atoms with Crippen LogP contribution in [0, 0.1) is 5.82 Å². The lowest BCUT2D eigenvalue weighted by Gasteiger charge is -2.09. The molecule has 3 nitrogen and oxygen atoms in total. The monoisotopic (exact) mass is 265 g/mol. The molecule has 1 unspecified atom stereocenters. The average molecular weight is 266 g/mol. The molecule has 0 aliphatic heterocycles. The van der Waals surface area contributed by atoms with Gasteiger partial charge in [-0.15, -0.1) is 0 Å². The fourth-order valence-electron chi connectivity index (χ4n) is 1.48. The van der Waals surface area contributed by atoms with Gasteiger partial charge in [-0.1, -0.05) is 23.7 Å². The number of carbonyl (C=O) groups is 1. The lowest BCUT2D eigenvalue weighted by atomic mass is 10.0. The van der Waals surface area contributed by atoms with Crippen molar-refractivity contribution in [1.82, 2.24) is 4.98 Å². The zero-order valence-corrected chi connectivity index (χ0v) is 9.93. The molecule has 0 saturated carbocycles. The van der Waals surface area contributed by atoms with E-state index in [1.807, 2.05) is 0 Å². The number of halogens is 2. The minimum Gasteiger partial charge on any atom is -0.380 e. The third-order valence-electron chi connectivity index (χ3n) is 2.45. The van der Waals surface area contributed by atoms with Crippen molar-refractivity contribution in [2.24, 2.45) is 0 Å². The van der Waals surface area contributed by atoms with E-state index in [0.29, 0.717) is 5.56 Å². The van der Waals surface area contributed by atoms with Crippen LogP contribution in [0.2, 0.25) is 5.15 Å². The van der Waals surface area contributed by atoms with Crippen molar-refractivity contribution in [3.8, 4) is 0 Å². The molecule has 0 fully saturated rings. The molecule has 0 bridgehead atoms. The Morgan fingerprint density at radius 1 is 1.22 bits per heavy atom. The Bertz CT molecular complexity index is 554. The Kier molecular flexibility index (Phi) is 3.69. The smallest absolute Gasteiger partial charge is 0.197 e. The van der Waals surface area contributed by atoms with Crippen LogP contribution in [0.4, 0.5) is 4.39 Å². The Hall–Kier alpha value is -1.78. The summed E-state index contributed by atoms with van der Waals surface area (Å²) in [7, 11) is 0. The van der Waals surface area contributed by atoms with Crippen molar-refractivity contribution >= 4 is 17.4 Å². The minimum absolute atomic E-state index is 0.247. The maximum absolute atomic E-state index is 12.7. The number of benzene rings is 1. The number of hydrogen-bond acceptors (Lipinski definition) is 3. The first kappa shape index (κ1) is 12.7. The molecule has 92 valence electrons. The number of carbonyl (C=O) groups excluding carboxylic acids is 1. The van der Waals surface area contributed by atoms with E-state index >= 15 is 0 Å². The van der Waals surface area contributed by atoms with Crippen LogP contribution in [0.1, 0.15) is 22.0 Å². The number of pyridine rings is 1. The fourth-order valence-corrected chi connectivity index (χ4v) is 1.59. The van der Waals surface area contributed by atoms with Crippen LogP contribution in [0.25, 0.3) is 0 Å². The highest BCUT2D eigenvalue weighted by atomic mass is 35.5. The normalized spacial score (nSPS) is 12.2. The van der Waals surface area contributed by atoms with Crippen LogP contribution < -0.4 is 0 Å². The second-order valence-electron chi connectivity index (χ2n) is 3.69. The minimum atomic E-state index is -1.34. The van der Waals surface area contributed by atoms with E-state index in [-0.39, 0.29) is 10.7 Å². The molecule has 0 aliphatic rings. The van der Waals surface area contributed by atoms with E-state index in [1.54, 1.807) is 0 Å². The standard InChI is InChI=1S/C13H9ClFNO2/c14-11-6-3-9(7-16-11)13(18)12(17)8-1-4-10(15)5-2-8/h1-7,12,17H. The summed E-state index contributed by atoms with van der Waals surface area (Å²) < 4.78 is 12.7. The number of aromatic nitrogens is 1. The van der Waals surface area contributed by atoms with E-state index < -0.39 is 17.7 Å².